The Balaban J connectivity index is 1.66. The maximum Gasteiger partial charge on any atom is 0.302 e. The van der Waals surface area contributed by atoms with Crippen LogP contribution in [0, 0.1) is 29.1 Å². The van der Waals surface area contributed by atoms with E-state index in [1.165, 1.54) is 12.5 Å². The van der Waals surface area contributed by atoms with Gasteiger partial charge in [-0.2, -0.15) is 0 Å². The largest absolute Gasteiger partial charge is 0.462 e. The normalized spacial score (nSPS) is 44.9. The molecule has 4 aliphatic carbocycles. The Hall–Kier alpha value is -1.38. The maximum atomic E-state index is 12.4. The highest BCUT2D eigenvalue weighted by atomic mass is 16.5. The third-order valence-corrected chi connectivity index (χ3v) is 7.07. The molecular weight excluding hydrogens is 288 g/mol. The molecule has 0 amide bonds. The van der Waals surface area contributed by atoms with Gasteiger partial charge in [-0.05, 0) is 49.0 Å². The minimum atomic E-state index is -0.177. The molecule has 0 radical (unpaired) electrons. The standard InChI is InChI=1S/C20H26O3/c1-12(21)23-17-5-3-4-13-6-7-14-15(19(13)17)10-11-20(2)16(14)8-9-18(20)22/h3-4,6,14-17,19H,5,7-11H2,1-2H3/t14-,15+,16+,17?,19+,20+/m1/s1. The number of Topliss-reactive ketones (excluding diaryl/α,β-unsaturated/α-hetero) is 1. The van der Waals surface area contributed by atoms with Gasteiger partial charge in [0, 0.05) is 31.1 Å². The van der Waals surface area contributed by atoms with Crippen LogP contribution in [0.3, 0.4) is 0 Å². The van der Waals surface area contributed by atoms with Crippen molar-refractivity contribution in [3.63, 3.8) is 0 Å². The van der Waals surface area contributed by atoms with Crippen LogP contribution in [0.25, 0.3) is 0 Å². The predicted molar refractivity (Wildman–Crippen MR) is 87.6 cm³/mol. The SMILES string of the molecule is CC(=O)OC1CC=CC2=CC[C@@H]3[C@H](CC[C@]4(C)C(=O)CC[C@@H]34)[C@H]21. The summed E-state index contributed by atoms with van der Waals surface area (Å²) in [6, 6.07) is 0. The summed E-state index contributed by atoms with van der Waals surface area (Å²) < 4.78 is 5.67. The number of fused-ring (bicyclic) bond motifs is 5. The van der Waals surface area contributed by atoms with Crippen LogP contribution < -0.4 is 0 Å². The predicted octanol–water partition coefficient (Wildman–Crippen LogP) is 3.84. The van der Waals surface area contributed by atoms with Gasteiger partial charge >= 0.3 is 5.97 Å². The number of hydrogen-bond acceptors (Lipinski definition) is 3. The van der Waals surface area contributed by atoms with Crippen LogP contribution in [-0.2, 0) is 14.3 Å². The lowest BCUT2D eigenvalue weighted by Crippen LogP contribution is -2.48. The van der Waals surface area contributed by atoms with Gasteiger partial charge in [0.05, 0.1) is 0 Å². The lowest BCUT2D eigenvalue weighted by Gasteiger charge is -2.51. The van der Waals surface area contributed by atoms with E-state index in [0.717, 1.165) is 38.5 Å². The fourth-order valence-electron chi connectivity index (χ4n) is 6.02. The second-order valence-corrected chi connectivity index (χ2v) is 8.10. The number of allylic oxidation sites excluding steroid dienone is 2. The summed E-state index contributed by atoms with van der Waals surface area (Å²) >= 11 is 0. The van der Waals surface area contributed by atoms with Gasteiger partial charge in [0.15, 0.2) is 0 Å². The average molecular weight is 314 g/mol. The van der Waals surface area contributed by atoms with Crippen LogP contribution in [0.1, 0.15) is 52.4 Å². The Kier molecular flexibility index (Phi) is 3.51. The molecule has 1 unspecified atom stereocenters. The first kappa shape index (κ1) is 15.2. The highest BCUT2D eigenvalue weighted by Gasteiger charge is 2.56. The Bertz CT molecular complexity index is 602. The zero-order valence-electron chi connectivity index (χ0n) is 14.1. The van der Waals surface area contributed by atoms with Crippen LogP contribution in [0.15, 0.2) is 23.8 Å². The molecule has 4 aliphatic rings. The number of carbonyl (C=O) groups is 2. The molecule has 0 heterocycles. The molecule has 0 aromatic rings. The minimum absolute atomic E-state index is 0.0157. The van der Waals surface area contributed by atoms with Gasteiger partial charge in [-0.1, -0.05) is 25.2 Å². The number of carbonyl (C=O) groups excluding carboxylic acids is 2. The summed E-state index contributed by atoms with van der Waals surface area (Å²) in [7, 11) is 0. The molecule has 0 aliphatic heterocycles. The molecule has 0 aromatic heterocycles. The van der Waals surface area contributed by atoms with Crippen LogP contribution in [0.5, 0.6) is 0 Å². The van der Waals surface area contributed by atoms with E-state index in [2.05, 4.69) is 25.2 Å². The van der Waals surface area contributed by atoms with Gasteiger partial charge in [-0.3, -0.25) is 9.59 Å². The van der Waals surface area contributed by atoms with E-state index in [-0.39, 0.29) is 17.5 Å². The van der Waals surface area contributed by atoms with E-state index in [1.54, 1.807) is 0 Å². The highest BCUT2D eigenvalue weighted by molar-refractivity contribution is 5.87. The lowest BCUT2D eigenvalue weighted by molar-refractivity contribution is -0.151. The fraction of sp³-hybridized carbons (Fsp3) is 0.700. The van der Waals surface area contributed by atoms with Crippen molar-refractivity contribution in [3.8, 4) is 0 Å². The summed E-state index contributed by atoms with van der Waals surface area (Å²) in [4.78, 5) is 23.9. The molecule has 124 valence electrons. The molecular formula is C20H26O3. The quantitative estimate of drug-likeness (QED) is 0.691. The molecule has 2 saturated carbocycles. The molecule has 0 N–H and O–H groups in total. The summed E-state index contributed by atoms with van der Waals surface area (Å²) in [5, 5.41) is 0. The monoisotopic (exact) mass is 314 g/mol. The highest BCUT2D eigenvalue weighted by Crippen LogP contribution is 2.59. The van der Waals surface area contributed by atoms with Crippen LogP contribution in [-0.4, -0.2) is 17.9 Å². The third-order valence-electron chi connectivity index (χ3n) is 7.07. The molecule has 0 spiro atoms. The van der Waals surface area contributed by atoms with E-state index in [1.807, 2.05) is 0 Å². The Labute approximate surface area is 138 Å². The summed E-state index contributed by atoms with van der Waals surface area (Å²) in [5.41, 5.74) is 1.27. The number of esters is 1. The zero-order chi connectivity index (χ0) is 16.2. The van der Waals surface area contributed by atoms with E-state index in [9.17, 15) is 9.59 Å². The number of ether oxygens (including phenoxy) is 1. The molecule has 3 heteroatoms. The van der Waals surface area contributed by atoms with Crippen LogP contribution >= 0.6 is 0 Å². The number of rotatable bonds is 1. The lowest BCUT2D eigenvalue weighted by atomic mass is 9.53. The molecule has 0 bridgehead atoms. The van der Waals surface area contributed by atoms with E-state index < -0.39 is 0 Å². The van der Waals surface area contributed by atoms with Gasteiger partial charge in [-0.15, -0.1) is 0 Å². The Morgan fingerprint density at radius 1 is 1.26 bits per heavy atom. The van der Waals surface area contributed by atoms with Crippen LogP contribution in [0.4, 0.5) is 0 Å². The fourth-order valence-corrected chi connectivity index (χ4v) is 6.02. The van der Waals surface area contributed by atoms with Gasteiger partial charge in [0.1, 0.15) is 11.9 Å². The smallest absolute Gasteiger partial charge is 0.302 e. The van der Waals surface area contributed by atoms with E-state index >= 15 is 0 Å². The third kappa shape index (κ3) is 2.23. The molecule has 23 heavy (non-hydrogen) atoms. The van der Waals surface area contributed by atoms with Gasteiger partial charge in [0.25, 0.3) is 0 Å². The van der Waals surface area contributed by atoms with Crippen LogP contribution in [0.2, 0.25) is 0 Å². The molecule has 0 saturated heterocycles. The Morgan fingerprint density at radius 2 is 2.09 bits per heavy atom. The van der Waals surface area contributed by atoms with Crippen molar-refractivity contribution in [3.05, 3.63) is 23.8 Å². The summed E-state index contributed by atoms with van der Waals surface area (Å²) in [5.74, 6) is 2.31. The first-order valence-electron chi connectivity index (χ1n) is 9.08. The topological polar surface area (TPSA) is 43.4 Å². The average Bonchev–Trinajstić information content (AvgIpc) is 2.82. The zero-order valence-corrected chi connectivity index (χ0v) is 14.1. The van der Waals surface area contributed by atoms with Crippen molar-refractivity contribution in [1.82, 2.24) is 0 Å². The van der Waals surface area contributed by atoms with Crippen molar-refractivity contribution in [2.24, 2.45) is 29.1 Å². The van der Waals surface area contributed by atoms with Gasteiger partial charge in [0.2, 0.25) is 0 Å². The van der Waals surface area contributed by atoms with E-state index in [0.29, 0.717) is 29.5 Å². The Morgan fingerprint density at radius 3 is 2.87 bits per heavy atom. The number of ketones is 1. The van der Waals surface area contributed by atoms with Crippen molar-refractivity contribution >= 4 is 11.8 Å². The summed E-state index contributed by atoms with van der Waals surface area (Å²) in [6.45, 7) is 3.71. The van der Waals surface area contributed by atoms with E-state index in [4.69, 9.17) is 4.74 Å². The second-order valence-electron chi connectivity index (χ2n) is 8.10. The van der Waals surface area contributed by atoms with Crippen molar-refractivity contribution in [1.29, 1.82) is 0 Å². The second kappa shape index (κ2) is 5.32. The molecule has 6 atom stereocenters. The molecule has 3 nitrogen and oxygen atoms in total. The first-order valence-corrected chi connectivity index (χ1v) is 9.08. The molecule has 2 fully saturated rings. The summed E-state index contributed by atoms with van der Waals surface area (Å²) in [6.07, 6.45) is 12.5. The van der Waals surface area contributed by atoms with Crippen molar-refractivity contribution in [2.45, 2.75) is 58.5 Å². The van der Waals surface area contributed by atoms with Crippen molar-refractivity contribution in [2.75, 3.05) is 0 Å². The minimum Gasteiger partial charge on any atom is -0.462 e. The number of hydrogen-bond donors (Lipinski definition) is 0. The van der Waals surface area contributed by atoms with Gasteiger partial charge < -0.3 is 4.74 Å². The molecule has 4 rings (SSSR count). The van der Waals surface area contributed by atoms with Crippen molar-refractivity contribution < 1.29 is 14.3 Å². The first-order chi connectivity index (χ1) is 11.0. The molecule has 0 aromatic carbocycles. The maximum absolute atomic E-state index is 12.4. The van der Waals surface area contributed by atoms with Gasteiger partial charge in [-0.25, -0.2) is 0 Å².